The highest BCUT2D eigenvalue weighted by atomic mass is 16.5. The number of hydrogen-bond donors (Lipinski definition) is 1. The number of hydrogen-bond acceptors (Lipinski definition) is 4. The lowest BCUT2D eigenvalue weighted by atomic mass is 10.2. The maximum Gasteiger partial charge on any atom is 0.230 e. The van der Waals surface area contributed by atoms with Crippen molar-refractivity contribution in [1.82, 2.24) is 9.97 Å². The summed E-state index contributed by atoms with van der Waals surface area (Å²) in [6.07, 6.45) is 1.50. The van der Waals surface area contributed by atoms with Gasteiger partial charge in [0.2, 0.25) is 5.88 Å². The number of anilines is 1. The predicted molar refractivity (Wildman–Crippen MR) is 75.2 cm³/mol. The molecule has 3 rings (SSSR count). The molecular formula is C15H13N3O. The van der Waals surface area contributed by atoms with Crippen molar-refractivity contribution in [2.75, 3.05) is 5.73 Å². The predicted octanol–water partition coefficient (Wildman–Crippen LogP) is 3.31. The van der Waals surface area contributed by atoms with Crippen LogP contribution in [0, 0.1) is 6.92 Å². The molecule has 4 heteroatoms. The molecule has 4 nitrogen and oxygen atoms in total. The number of aromatic nitrogens is 2. The highest BCUT2D eigenvalue weighted by Crippen LogP contribution is 2.29. The summed E-state index contributed by atoms with van der Waals surface area (Å²) in [7, 11) is 0. The van der Waals surface area contributed by atoms with E-state index in [0.29, 0.717) is 5.88 Å². The summed E-state index contributed by atoms with van der Waals surface area (Å²) in [5.74, 6) is 1.30. The van der Waals surface area contributed by atoms with Crippen LogP contribution in [-0.4, -0.2) is 9.97 Å². The van der Waals surface area contributed by atoms with Gasteiger partial charge >= 0.3 is 0 Å². The molecule has 0 aliphatic carbocycles. The minimum Gasteiger partial charge on any atom is -0.438 e. The Labute approximate surface area is 110 Å². The van der Waals surface area contributed by atoms with Gasteiger partial charge in [0.25, 0.3) is 0 Å². The van der Waals surface area contributed by atoms with Gasteiger partial charge in [0.1, 0.15) is 12.1 Å². The van der Waals surface area contributed by atoms with Crippen LogP contribution in [0.15, 0.2) is 48.8 Å². The molecule has 0 bridgehead atoms. The van der Waals surface area contributed by atoms with Gasteiger partial charge < -0.3 is 10.5 Å². The van der Waals surface area contributed by atoms with Gasteiger partial charge in [-0.25, -0.2) is 9.97 Å². The number of aryl methyl sites for hydroxylation is 1. The quantitative estimate of drug-likeness (QED) is 0.710. The lowest BCUT2D eigenvalue weighted by molar-refractivity contribution is 0.465. The second-order valence-corrected chi connectivity index (χ2v) is 4.32. The average molecular weight is 251 g/mol. The molecule has 19 heavy (non-hydrogen) atoms. The Morgan fingerprint density at radius 2 is 1.89 bits per heavy atom. The molecule has 1 aromatic heterocycles. The number of nitrogens with two attached hydrogens (primary N) is 1. The van der Waals surface area contributed by atoms with Gasteiger partial charge in [-0.15, -0.1) is 0 Å². The van der Waals surface area contributed by atoms with E-state index in [-0.39, 0.29) is 0 Å². The first-order chi connectivity index (χ1) is 9.24. The van der Waals surface area contributed by atoms with E-state index in [1.807, 2.05) is 49.4 Å². The van der Waals surface area contributed by atoms with Crippen LogP contribution in [0.5, 0.6) is 11.6 Å². The highest BCUT2D eigenvalue weighted by Gasteiger charge is 2.07. The molecule has 3 aromatic rings. The van der Waals surface area contributed by atoms with Crippen molar-refractivity contribution in [2.24, 2.45) is 0 Å². The third-order valence-corrected chi connectivity index (χ3v) is 2.91. The van der Waals surface area contributed by atoms with Crippen molar-refractivity contribution in [3.63, 3.8) is 0 Å². The van der Waals surface area contributed by atoms with Crippen LogP contribution in [0.25, 0.3) is 10.9 Å². The number of para-hydroxylation sites is 1. The zero-order valence-corrected chi connectivity index (χ0v) is 10.5. The van der Waals surface area contributed by atoms with E-state index < -0.39 is 0 Å². The Morgan fingerprint density at radius 1 is 1.05 bits per heavy atom. The van der Waals surface area contributed by atoms with Gasteiger partial charge in [-0.3, -0.25) is 0 Å². The van der Waals surface area contributed by atoms with E-state index in [2.05, 4.69) is 9.97 Å². The van der Waals surface area contributed by atoms with Crippen molar-refractivity contribution in [1.29, 1.82) is 0 Å². The fourth-order valence-electron chi connectivity index (χ4n) is 1.95. The van der Waals surface area contributed by atoms with Crippen LogP contribution >= 0.6 is 0 Å². The van der Waals surface area contributed by atoms with E-state index in [1.165, 1.54) is 6.33 Å². The molecule has 94 valence electrons. The number of rotatable bonds is 2. The van der Waals surface area contributed by atoms with Crippen molar-refractivity contribution in [2.45, 2.75) is 6.92 Å². The Kier molecular flexibility index (Phi) is 2.76. The summed E-state index contributed by atoms with van der Waals surface area (Å²) in [6.45, 7) is 1.95. The van der Waals surface area contributed by atoms with Crippen LogP contribution in [0.2, 0.25) is 0 Å². The van der Waals surface area contributed by atoms with Crippen molar-refractivity contribution in [3.05, 3.63) is 54.4 Å². The number of fused-ring (bicyclic) bond motifs is 1. The molecule has 0 amide bonds. The fraction of sp³-hybridized carbons (Fsp3) is 0.0667. The fourth-order valence-corrected chi connectivity index (χ4v) is 1.95. The standard InChI is InChI=1S/C15H13N3O/c1-10-8-11(16)6-7-14(10)19-15-12-4-2-3-5-13(12)17-9-18-15/h2-9H,16H2,1H3. The van der Waals surface area contributed by atoms with Gasteiger partial charge in [0.05, 0.1) is 10.9 Å². The van der Waals surface area contributed by atoms with Crippen molar-refractivity contribution < 1.29 is 4.74 Å². The van der Waals surface area contributed by atoms with Crippen LogP contribution in [0.1, 0.15) is 5.56 Å². The maximum atomic E-state index is 5.87. The minimum atomic E-state index is 0.554. The lowest BCUT2D eigenvalue weighted by Gasteiger charge is -2.09. The van der Waals surface area contributed by atoms with E-state index in [9.17, 15) is 0 Å². The van der Waals surface area contributed by atoms with Gasteiger partial charge in [0.15, 0.2) is 0 Å². The maximum absolute atomic E-state index is 5.87. The van der Waals surface area contributed by atoms with Crippen LogP contribution in [0.3, 0.4) is 0 Å². The van der Waals surface area contributed by atoms with Crippen LogP contribution in [-0.2, 0) is 0 Å². The number of nitrogen functional groups attached to an aromatic ring is 1. The zero-order valence-electron chi connectivity index (χ0n) is 10.5. The monoisotopic (exact) mass is 251 g/mol. The Morgan fingerprint density at radius 3 is 2.74 bits per heavy atom. The third kappa shape index (κ3) is 2.20. The summed E-state index contributed by atoms with van der Waals surface area (Å²) in [5.41, 5.74) is 8.29. The molecule has 0 aliphatic rings. The summed E-state index contributed by atoms with van der Waals surface area (Å²) >= 11 is 0. The first-order valence-corrected chi connectivity index (χ1v) is 5.98. The van der Waals surface area contributed by atoms with Gasteiger partial charge in [0, 0.05) is 5.69 Å². The van der Waals surface area contributed by atoms with Crippen molar-refractivity contribution in [3.8, 4) is 11.6 Å². The largest absolute Gasteiger partial charge is 0.438 e. The summed E-state index contributed by atoms with van der Waals surface area (Å²) in [4.78, 5) is 8.41. The third-order valence-electron chi connectivity index (χ3n) is 2.91. The molecule has 0 saturated heterocycles. The molecule has 0 atom stereocenters. The van der Waals surface area contributed by atoms with E-state index in [0.717, 1.165) is 27.9 Å². The molecule has 2 aromatic carbocycles. The smallest absolute Gasteiger partial charge is 0.230 e. The average Bonchev–Trinajstić information content (AvgIpc) is 2.42. The van der Waals surface area contributed by atoms with Gasteiger partial charge in [-0.2, -0.15) is 0 Å². The molecular weight excluding hydrogens is 238 g/mol. The van der Waals surface area contributed by atoms with E-state index >= 15 is 0 Å². The molecule has 1 heterocycles. The Hall–Kier alpha value is -2.62. The molecule has 0 radical (unpaired) electrons. The minimum absolute atomic E-state index is 0.554. The second-order valence-electron chi connectivity index (χ2n) is 4.32. The topological polar surface area (TPSA) is 61.0 Å². The highest BCUT2D eigenvalue weighted by molar-refractivity contribution is 5.83. The molecule has 0 spiro atoms. The summed E-state index contributed by atoms with van der Waals surface area (Å²) < 4.78 is 5.87. The summed E-state index contributed by atoms with van der Waals surface area (Å²) in [6, 6.07) is 13.3. The molecule has 0 unspecified atom stereocenters. The van der Waals surface area contributed by atoms with Crippen LogP contribution < -0.4 is 10.5 Å². The Balaban J connectivity index is 2.06. The number of benzene rings is 2. The van der Waals surface area contributed by atoms with Crippen molar-refractivity contribution >= 4 is 16.6 Å². The summed E-state index contributed by atoms with van der Waals surface area (Å²) in [5, 5.41) is 0.890. The SMILES string of the molecule is Cc1cc(N)ccc1Oc1ncnc2ccccc12. The normalized spacial score (nSPS) is 10.6. The molecule has 0 fully saturated rings. The van der Waals surface area contributed by atoms with Gasteiger partial charge in [-0.05, 0) is 42.8 Å². The molecule has 0 saturated carbocycles. The number of nitrogens with zero attached hydrogens (tertiary/aromatic N) is 2. The zero-order chi connectivity index (χ0) is 13.2. The van der Waals surface area contributed by atoms with E-state index in [4.69, 9.17) is 10.5 Å². The molecule has 0 aliphatic heterocycles. The van der Waals surface area contributed by atoms with E-state index in [1.54, 1.807) is 0 Å². The van der Waals surface area contributed by atoms with Crippen LogP contribution in [0.4, 0.5) is 5.69 Å². The number of ether oxygens (including phenoxy) is 1. The first kappa shape index (κ1) is 11.5. The second kappa shape index (κ2) is 4.57. The van der Waals surface area contributed by atoms with Gasteiger partial charge in [-0.1, -0.05) is 12.1 Å². The molecule has 2 N–H and O–H groups in total. The first-order valence-electron chi connectivity index (χ1n) is 5.98. The lowest BCUT2D eigenvalue weighted by Crippen LogP contribution is -1.94. The Bertz CT molecular complexity index is 735.